The van der Waals surface area contributed by atoms with Gasteiger partial charge in [0, 0.05) is 19.4 Å². The maximum Gasteiger partial charge on any atom is 0.472 e. The Kier molecular flexibility index (Phi) is 51.9. The molecule has 0 saturated carbocycles. The van der Waals surface area contributed by atoms with Crippen molar-refractivity contribution in [1.82, 2.24) is 0 Å². The Labute approximate surface area is 423 Å². The van der Waals surface area contributed by atoms with Crippen molar-refractivity contribution in [1.29, 1.82) is 0 Å². The van der Waals surface area contributed by atoms with Crippen LogP contribution in [0.5, 0.6) is 0 Å². The number of phosphoric acid groups is 1. The van der Waals surface area contributed by atoms with E-state index in [1.165, 1.54) is 103 Å². The monoisotopic (exact) mass is 984 g/mol. The SMILES string of the molecule is CC/C=C\C/C=C\C/C=C\C/C=C\C/C=C\C/C=C\C/C=C\C/C=C\CCCCCCCCCCCCC(=O)OC(COC(=O)CCCCCCCCCCCCCCC)COP(=O)(O)OCCN. The fourth-order valence-corrected chi connectivity index (χ4v) is 8.18. The Balaban J connectivity index is 3.97. The number of nitrogens with two attached hydrogens (primary N) is 1. The zero-order chi connectivity index (χ0) is 50.2. The summed E-state index contributed by atoms with van der Waals surface area (Å²) in [6.07, 6.45) is 71.7. The van der Waals surface area contributed by atoms with Gasteiger partial charge in [-0.05, 0) is 77.0 Å². The number of hydrogen-bond donors (Lipinski definition) is 2. The molecule has 0 rings (SSSR count). The number of ether oxygens (including phenoxy) is 2. The average Bonchev–Trinajstić information content (AvgIpc) is 3.34. The van der Waals surface area contributed by atoms with Crippen molar-refractivity contribution in [3.8, 4) is 0 Å². The number of hydrogen-bond acceptors (Lipinski definition) is 8. The first kappa shape index (κ1) is 65.9. The Bertz CT molecular complexity index is 1450. The van der Waals surface area contributed by atoms with E-state index in [0.717, 1.165) is 96.3 Å². The molecule has 0 aliphatic heterocycles. The lowest BCUT2D eigenvalue weighted by molar-refractivity contribution is -0.161. The van der Waals surface area contributed by atoms with Crippen LogP contribution in [-0.2, 0) is 32.7 Å². The smallest absolute Gasteiger partial charge is 0.462 e. The summed E-state index contributed by atoms with van der Waals surface area (Å²) in [5, 5.41) is 0. The van der Waals surface area contributed by atoms with Crippen LogP contribution in [0, 0.1) is 0 Å². The van der Waals surface area contributed by atoms with Gasteiger partial charge in [0.2, 0.25) is 0 Å². The minimum absolute atomic E-state index is 0.0500. The molecule has 0 aromatic carbocycles. The highest BCUT2D eigenvalue weighted by Gasteiger charge is 2.26. The molecular formula is C59H102NO8P. The molecule has 0 spiro atoms. The maximum atomic E-state index is 12.7. The van der Waals surface area contributed by atoms with Crippen LogP contribution in [0.1, 0.15) is 232 Å². The Morgan fingerprint density at radius 3 is 1.19 bits per heavy atom. The van der Waals surface area contributed by atoms with Gasteiger partial charge in [-0.15, -0.1) is 0 Å². The van der Waals surface area contributed by atoms with E-state index in [1.54, 1.807) is 0 Å². The minimum Gasteiger partial charge on any atom is -0.462 e. The third kappa shape index (κ3) is 54.1. The molecule has 0 aromatic rings. The molecule has 69 heavy (non-hydrogen) atoms. The summed E-state index contributed by atoms with van der Waals surface area (Å²) in [6.45, 7) is 3.62. The molecule has 0 heterocycles. The Hall–Kier alpha value is -3.07. The fraction of sp³-hybridized carbons (Fsp3) is 0.695. The zero-order valence-corrected chi connectivity index (χ0v) is 44.9. The Morgan fingerprint density at radius 1 is 0.449 bits per heavy atom. The summed E-state index contributed by atoms with van der Waals surface area (Å²) < 4.78 is 32.9. The first-order valence-corrected chi connectivity index (χ1v) is 29.2. The van der Waals surface area contributed by atoms with Gasteiger partial charge >= 0.3 is 19.8 Å². The van der Waals surface area contributed by atoms with Gasteiger partial charge in [-0.1, -0.05) is 239 Å². The molecule has 0 aliphatic rings. The second kappa shape index (κ2) is 54.3. The molecule has 3 N–H and O–H groups in total. The second-order valence-corrected chi connectivity index (χ2v) is 19.5. The van der Waals surface area contributed by atoms with E-state index in [9.17, 15) is 19.0 Å². The van der Waals surface area contributed by atoms with Crippen molar-refractivity contribution in [3.05, 3.63) is 97.2 Å². The molecular weight excluding hydrogens is 882 g/mol. The number of rotatable bonds is 51. The largest absolute Gasteiger partial charge is 0.472 e. The van der Waals surface area contributed by atoms with Gasteiger partial charge in [0.1, 0.15) is 6.61 Å². The molecule has 0 amide bonds. The van der Waals surface area contributed by atoms with Gasteiger partial charge in [-0.3, -0.25) is 18.6 Å². The topological polar surface area (TPSA) is 134 Å². The highest BCUT2D eigenvalue weighted by Crippen LogP contribution is 2.43. The Morgan fingerprint density at radius 2 is 0.797 bits per heavy atom. The number of unbranched alkanes of at least 4 members (excludes halogenated alkanes) is 22. The lowest BCUT2D eigenvalue weighted by Gasteiger charge is -2.19. The molecule has 0 aromatic heterocycles. The van der Waals surface area contributed by atoms with Crippen LogP contribution >= 0.6 is 7.82 Å². The van der Waals surface area contributed by atoms with E-state index in [1.807, 2.05) is 0 Å². The van der Waals surface area contributed by atoms with E-state index in [2.05, 4.69) is 111 Å². The van der Waals surface area contributed by atoms with Gasteiger partial charge in [-0.2, -0.15) is 0 Å². The molecule has 0 bridgehead atoms. The van der Waals surface area contributed by atoms with Gasteiger partial charge in [0.15, 0.2) is 6.10 Å². The van der Waals surface area contributed by atoms with Crippen LogP contribution < -0.4 is 5.73 Å². The normalized spacial score (nSPS) is 13.9. The van der Waals surface area contributed by atoms with E-state index in [-0.39, 0.29) is 38.6 Å². The lowest BCUT2D eigenvalue weighted by atomic mass is 10.0. The van der Waals surface area contributed by atoms with Crippen molar-refractivity contribution < 1.29 is 37.6 Å². The highest BCUT2D eigenvalue weighted by atomic mass is 31.2. The molecule has 0 radical (unpaired) electrons. The summed E-state index contributed by atoms with van der Waals surface area (Å²) in [6, 6.07) is 0. The maximum absolute atomic E-state index is 12.7. The molecule has 10 heteroatoms. The second-order valence-electron chi connectivity index (χ2n) is 18.1. The predicted octanol–water partition coefficient (Wildman–Crippen LogP) is 17.3. The summed E-state index contributed by atoms with van der Waals surface area (Å²) in [7, 11) is -4.39. The molecule has 0 fully saturated rings. The summed E-state index contributed by atoms with van der Waals surface area (Å²) in [5.41, 5.74) is 5.37. The van der Waals surface area contributed by atoms with Crippen LogP contribution in [0.4, 0.5) is 0 Å². The van der Waals surface area contributed by atoms with Gasteiger partial charge in [0.05, 0.1) is 13.2 Å². The minimum atomic E-state index is -4.39. The third-order valence-corrected chi connectivity index (χ3v) is 12.5. The first-order valence-electron chi connectivity index (χ1n) is 27.7. The first-order chi connectivity index (χ1) is 33.8. The standard InChI is InChI=1S/C59H102NO8P/c1-3-5-7-9-11-13-15-17-18-19-20-21-22-23-24-25-26-27-28-29-30-31-32-33-34-35-36-37-38-40-42-44-46-48-50-52-59(62)68-57(56-67-69(63,64)66-54-53-60)55-65-58(61)51-49-47-45-43-41-39-16-14-12-10-8-6-4-2/h5,7,11,13,17-18,20-21,23-24,26-27,29-30,32-33,57H,3-4,6,8-10,12,14-16,19,22,25,28,31,34-56,60H2,1-2H3,(H,63,64)/b7-5-,13-11-,18-17-,21-20-,24-23-,27-26-,30-29-,33-32-. The number of esters is 2. The number of phosphoric ester groups is 1. The highest BCUT2D eigenvalue weighted by molar-refractivity contribution is 7.47. The predicted molar refractivity (Wildman–Crippen MR) is 293 cm³/mol. The van der Waals surface area contributed by atoms with Crippen molar-refractivity contribution in [2.24, 2.45) is 5.73 Å². The van der Waals surface area contributed by atoms with Gasteiger partial charge < -0.3 is 20.1 Å². The summed E-state index contributed by atoms with van der Waals surface area (Å²) in [4.78, 5) is 35.0. The van der Waals surface area contributed by atoms with Crippen LogP contribution in [0.25, 0.3) is 0 Å². The number of carbonyl (C=O) groups excluding carboxylic acids is 2. The molecule has 9 nitrogen and oxygen atoms in total. The number of carbonyl (C=O) groups is 2. The average molecular weight is 984 g/mol. The summed E-state index contributed by atoms with van der Waals surface area (Å²) >= 11 is 0. The van der Waals surface area contributed by atoms with Crippen molar-refractivity contribution in [3.63, 3.8) is 0 Å². The van der Waals surface area contributed by atoms with E-state index >= 15 is 0 Å². The molecule has 2 unspecified atom stereocenters. The lowest BCUT2D eigenvalue weighted by Crippen LogP contribution is -2.29. The quantitative estimate of drug-likeness (QED) is 0.0264. The zero-order valence-electron chi connectivity index (χ0n) is 44.0. The molecule has 0 saturated heterocycles. The van der Waals surface area contributed by atoms with Crippen LogP contribution in [0.15, 0.2) is 97.2 Å². The van der Waals surface area contributed by atoms with Gasteiger partial charge in [0.25, 0.3) is 0 Å². The van der Waals surface area contributed by atoms with Crippen molar-refractivity contribution >= 4 is 19.8 Å². The van der Waals surface area contributed by atoms with E-state index in [0.29, 0.717) is 6.42 Å². The van der Waals surface area contributed by atoms with Crippen LogP contribution in [-0.4, -0.2) is 49.3 Å². The van der Waals surface area contributed by atoms with Crippen LogP contribution in [0.3, 0.4) is 0 Å². The van der Waals surface area contributed by atoms with Crippen molar-refractivity contribution in [2.75, 3.05) is 26.4 Å². The third-order valence-electron chi connectivity index (χ3n) is 11.5. The van der Waals surface area contributed by atoms with E-state index in [4.69, 9.17) is 24.3 Å². The molecule has 2 atom stereocenters. The van der Waals surface area contributed by atoms with Gasteiger partial charge in [-0.25, -0.2) is 4.57 Å². The van der Waals surface area contributed by atoms with E-state index < -0.39 is 26.5 Å². The summed E-state index contributed by atoms with van der Waals surface area (Å²) in [5.74, 6) is -0.833. The number of allylic oxidation sites excluding steroid dienone is 16. The fourth-order valence-electron chi connectivity index (χ4n) is 7.42. The molecule has 396 valence electrons. The van der Waals surface area contributed by atoms with Crippen LogP contribution in [0.2, 0.25) is 0 Å². The molecule has 0 aliphatic carbocycles. The van der Waals surface area contributed by atoms with Crippen molar-refractivity contribution in [2.45, 2.75) is 238 Å².